The summed E-state index contributed by atoms with van der Waals surface area (Å²) in [5.74, 6) is -0.106. The van der Waals surface area contributed by atoms with Gasteiger partial charge in [0.05, 0.1) is 11.8 Å². The number of carbonyl (C=O) groups is 1. The summed E-state index contributed by atoms with van der Waals surface area (Å²) in [5, 5.41) is 9.38. The average molecular weight is 337 g/mol. The number of nitrogens with zero attached hydrogens (tertiary/aromatic N) is 2. The van der Waals surface area contributed by atoms with E-state index < -0.39 is 0 Å². The normalized spacial score (nSPS) is 15.0. The van der Waals surface area contributed by atoms with Gasteiger partial charge in [0, 0.05) is 37.9 Å². The molecule has 1 amide bonds. The second-order valence-corrected chi connectivity index (χ2v) is 6.10. The Hall–Kier alpha value is -2.66. The molecule has 1 aliphatic rings. The van der Waals surface area contributed by atoms with Crippen LogP contribution in [0.5, 0.6) is 0 Å². The van der Waals surface area contributed by atoms with Crippen molar-refractivity contribution in [2.75, 3.05) is 25.2 Å². The van der Waals surface area contributed by atoms with E-state index in [-0.39, 0.29) is 12.0 Å². The van der Waals surface area contributed by atoms with Crippen molar-refractivity contribution in [2.24, 2.45) is 5.10 Å². The summed E-state index contributed by atoms with van der Waals surface area (Å²) in [4.78, 5) is 12.4. The van der Waals surface area contributed by atoms with Gasteiger partial charge < -0.3 is 10.1 Å². The van der Waals surface area contributed by atoms with Crippen molar-refractivity contribution < 1.29 is 9.53 Å². The molecule has 1 aliphatic heterocycles. The second-order valence-electron chi connectivity index (χ2n) is 6.10. The number of benzene rings is 2. The molecule has 0 spiro atoms. The van der Waals surface area contributed by atoms with Crippen LogP contribution in [0.2, 0.25) is 0 Å². The van der Waals surface area contributed by atoms with Crippen LogP contribution in [0.25, 0.3) is 0 Å². The van der Waals surface area contributed by atoms with Gasteiger partial charge in [-0.2, -0.15) is 5.10 Å². The number of hydrazone groups is 1. The van der Waals surface area contributed by atoms with Crippen molar-refractivity contribution in [1.29, 1.82) is 0 Å². The van der Waals surface area contributed by atoms with Crippen LogP contribution in [-0.4, -0.2) is 31.8 Å². The van der Waals surface area contributed by atoms with Crippen LogP contribution in [0.4, 0.5) is 5.69 Å². The molecule has 5 nitrogen and oxygen atoms in total. The summed E-state index contributed by atoms with van der Waals surface area (Å²) < 4.78 is 5.48. The minimum atomic E-state index is -0.161. The summed E-state index contributed by atoms with van der Waals surface area (Å²) in [6, 6.07) is 17.4. The number of nitrogens with one attached hydrogen (secondary N) is 1. The van der Waals surface area contributed by atoms with Crippen molar-refractivity contribution in [3.8, 4) is 0 Å². The fourth-order valence-electron chi connectivity index (χ4n) is 2.84. The average Bonchev–Trinajstić information content (AvgIpc) is 3.09. The maximum atomic E-state index is 12.4. The van der Waals surface area contributed by atoms with Gasteiger partial charge in [0.25, 0.3) is 5.91 Å². The monoisotopic (exact) mass is 337 g/mol. The number of hydrogen-bond donors (Lipinski definition) is 1. The Bertz CT molecular complexity index is 741. The largest absolute Gasteiger partial charge is 0.375 e. The van der Waals surface area contributed by atoms with Crippen LogP contribution in [0.15, 0.2) is 59.7 Å². The first-order chi connectivity index (χ1) is 12.2. The highest BCUT2D eigenvalue weighted by atomic mass is 16.5. The predicted molar refractivity (Wildman–Crippen MR) is 100 cm³/mol. The molecule has 0 saturated heterocycles. The molecule has 0 aromatic heterocycles. The lowest BCUT2D eigenvalue weighted by Crippen LogP contribution is -2.29. The molecule has 5 heteroatoms. The molecule has 2 aromatic rings. The Labute approximate surface area is 148 Å². The molecular formula is C20H23N3O2. The van der Waals surface area contributed by atoms with Gasteiger partial charge in [0.2, 0.25) is 0 Å². The minimum absolute atomic E-state index is 0.106. The maximum absolute atomic E-state index is 12.4. The molecular weight excluding hydrogens is 314 g/mol. The topological polar surface area (TPSA) is 53.9 Å². The maximum Gasteiger partial charge on any atom is 0.251 e. The highest BCUT2D eigenvalue weighted by Gasteiger charge is 2.15. The van der Waals surface area contributed by atoms with E-state index in [4.69, 9.17) is 4.74 Å². The Morgan fingerprint density at radius 1 is 1.20 bits per heavy atom. The highest BCUT2D eigenvalue weighted by molar-refractivity contribution is 5.94. The highest BCUT2D eigenvalue weighted by Crippen LogP contribution is 2.20. The van der Waals surface area contributed by atoms with E-state index in [9.17, 15) is 4.79 Å². The summed E-state index contributed by atoms with van der Waals surface area (Å²) in [5.41, 5.74) is 3.82. The predicted octanol–water partition coefficient (Wildman–Crippen LogP) is 3.39. The van der Waals surface area contributed by atoms with Gasteiger partial charge in [-0.05, 0) is 36.8 Å². The zero-order chi connectivity index (χ0) is 17.6. The summed E-state index contributed by atoms with van der Waals surface area (Å²) in [7, 11) is 1.65. The van der Waals surface area contributed by atoms with Gasteiger partial charge in [-0.25, -0.2) is 0 Å². The molecule has 1 heterocycles. The van der Waals surface area contributed by atoms with E-state index in [2.05, 4.69) is 10.4 Å². The van der Waals surface area contributed by atoms with Gasteiger partial charge in [0.15, 0.2) is 0 Å². The van der Waals surface area contributed by atoms with Crippen molar-refractivity contribution in [2.45, 2.75) is 19.4 Å². The first-order valence-corrected chi connectivity index (χ1v) is 8.45. The molecule has 2 aromatic carbocycles. The third kappa shape index (κ3) is 4.25. The molecule has 0 aliphatic carbocycles. The molecule has 0 saturated carbocycles. The summed E-state index contributed by atoms with van der Waals surface area (Å²) in [6.07, 6.45) is 0.825. The zero-order valence-electron chi connectivity index (χ0n) is 14.6. The van der Waals surface area contributed by atoms with E-state index >= 15 is 0 Å². The number of carbonyl (C=O) groups excluding carboxylic acids is 1. The van der Waals surface area contributed by atoms with Crippen LogP contribution >= 0.6 is 0 Å². The van der Waals surface area contributed by atoms with Crippen LogP contribution < -0.4 is 10.3 Å². The van der Waals surface area contributed by atoms with Crippen molar-refractivity contribution in [3.63, 3.8) is 0 Å². The zero-order valence-corrected chi connectivity index (χ0v) is 14.6. The third-order valence-electron chi connectivity index (χ3n) is 4.31. The van der Waals surface area contributed by atoms with E-state index in [0.29, 0.717) is 12.1 Å². The second kappa shape index (κ2) is 7.94. The third-order valence-corrected chi connectivity index (χ3v) is 4.31. The van der Waals surface area contributed by atoms with Crippen LogP contribution in [0.3, 0.4) is 0 Å². The van der Waals surface area contributed by atoms with E-state index in [1.54, 1.807) is 7.11 Å². The summed E-state index contributed by atoms with van der Waals surface area (Å²) in [6.45, 7) is 3.35. The molecule has 0 bridgehead atoms. The number of methoxy groups -OCH3 is 1. The molecule has 0 fully saturated rings. The van der Waals surface area contributed by atoms with Gasteiger partial charge in [-0.1, -0.05) is 30.3 Å². The van der Waals surface area contributed by atoms with Crippen molar-refractivity contribution >= 4 is 17.3 Å². The molecule has 1 N–H and O–H groups in total. The van der Waals surface area contributed by atoms with Crippen LogP contribution in [0, 0.1) is 0 Å². The fourth-order valence-corrected chi connectivity index (χ4v) is 2.84. The molecule has 1 unspecified atom stereocenters. The first kappa shape index (κ1) is 17.2. The fraction of sp³-hybridized carbons (Fsp3) is 0.300. The molecule has 25 heavy (non-hydrogen) atoms. The van der Waals surface area contributed by atoms with Gasteiger partial charge in [-0.15, -0.1) is 0 Å². The lowest BCUT2D eigenvalue weighted by Gasteiger charge is -2.17. The number of amides is 1. The Kier molecular flexibility index (Phi) is 5.46. The van der Waals surface area contributed by atoms with Gasteiger partial charge in [-0.3, -0.25) is 9.80 Å². The number of ether oxygens (including phenoxy) is 1. The first-order valence-electron chi connectivity index (χ1n) is 8.45. The number of rotatable bonds is 6. The molecule has 0 radical (unpaired) electrons. The Morgan fingerprint density at radius 3 is 2.52 bits per heavy atom. The summed E-state index contributed by atoms with van der Waals surface area (Å²) >= 11 is 0. The van der Waals surface area contributed by atoms with Crippen molar-refractivity contribution in [1.82, 2.24) is 5.32 Å². The SMILES string of the molecule is COC(CNC(=O)c1ccc(N2CCC(C)=N2)cc1)c1ccccc1. The lowest BCUT2D eigenvalue weighted by molar-refractivity contribution is 0.0828. The number of anilines is 1. The van der Waals surface area contributed by atoms with Gasteiger partial charge in [0.1, 0.15) is 0 Å². The Morgan fingerprint density at radius 2 is 1.92 bits per heavy atom. The van der Waals surface area contributed by atoms with E-state index in [0.717, 1.165) is 29.9 Å². The Balaban J connectivity index is 1.59. The van der Waals surface area contributed by atoms with E-state index in [1.165, 1.54) is 0 Å². The molecule has 3 rings (SSSR count). The van der Waals surface area contributed by atoms with Gasteiger partial charge >= 0.3 is 0 Å². The van der Waals surface area contributed by atoms with Crippen molar-refractivity contribution in [3.05, 3.63) is 65.7 Å². The molecule has 130 valence electrons. The standard InChI is InChI=1S/C20H23N3O2/c1-15-12-13-23(22-15)18-10-8-17(9-11-18)20(24)21-14-19(25-2)16-6-4-3-5-7-16/h3-11,19H,12-14H2,1-2H3,(H,21,24). The number of hydrogen-bond acceptors (Lipinski definition) is 4. The smallest absolute Gasteiger partial charge is 0.251 e. The van der Waals surface area contributed by atoms with Crippen LogP contribution in [-0.2, 0) is 4.74 Å². The quantitative estimate of drug-likeness (QED) is 0.879. The minimum Gasteiger partial charge on any atom is -0.375 e. The lowest BCUT2D eigenvalue weighted by atomic mass is 10.1. The van der Waals surface area contributed by atoms with Crippen LogP contribution in [0.1, 0.15) is 35.4 Å². The van der Waals surface area contributed by atoms with E-state index in [1.807, 2.05) is 66.5 Å². The molecule has 1 atom stereocenters.